The van der Waals surface area contributed by atoms with Gasteiger partial charge in [0.25, 0.3) is 5.91 Å². The van der Waals surface area contributed by atoms with E-state index in [0.29, 0.717) is 74.3 Å². The van der Waals surface area contributed by atoms with Crippen molar-refractivity contribution < 1.29 is 27.1 Å². The van der Waals surface area contributed by atoms with Crippen LogP contribution in [0.2, 0.25) is 0 Å². The second kappa shape index (κ2) is 13.3. The molecule has 2 aromatic rings. The molecule has 0 bridgehead atoms. The maximum absolute atomic E-state index is 14.6. The summed E-state index contributed by atoms with van der Waals surface area (Å²) in [6, 6.07) is 6.71. The van der Waals surface area contributed by atoms with Crippen molar-refractivity contribution in [3.8, 4) is 5.75 Å². The number of pyridine rings is 1. The fourth-order valence-corrected chi connectivity index (χ4v) is 6.93. The Hall–Kier alpha value is -3.31. The van der Waals surface area contributed by atoms with Gasteiger partial charge in [0.05, 0.1) is 11.4 Å². The van der Waals surface area contributed by atoms with E-state index in [2.05, 4.69) is 21.8 Å². The highest BCUT2D eigenvalue weighted by Gasteiger charge is 2.30. The Morgan fingerprint density at radius 3 is 2.48 bits per heavy atom. The van der Waals surface area contributed by atoms with Gasteiger partial charge in [0.15, 0.2) is 0 Å². The first-order valence-corrected chi connectivity index (χ1v) is 16.4. The van der Waals surface area contributed by atoms with E-state index in [0.717, 1.165) is 0 Å². The van der Waals surface area contributed by atoms with E-state index < -0.39 is 15.9 Å². The van der Waals surface area contributed by atoms with E-state index in [1.165, 1.54) is 24.6 Å². The topological polar surface area (TPSA) is 109 Å². The number of carbonyl (C=O) groups excluding carboxylic acids is 2. The molecule has 1 aliphatic heterocycles. The standard InChI is InChI=1S/C31H41FN4O5S/c1-6-29(37)36-14-13-35(18-22(36)4)19-28(23-8-7-20(2)27(32)16-23)41-25-15-21(3)30(33-17-25)31(38)34-24-9-11-26(12-10-24)42(5,39)40/h6-8,15-17,22,24,26,28H,1,9-14,18-19H2,2-5H3,(H,34,38)/t22-,24?,26?,28-/m1/s1. The number of piperazine rings is 1. The van der Waals surface area contributed by atoms with Crippen LogP contribution in [0.3, 0.4) is 0 Å². The van der Waals surface area contributed by atoms with Gasteiger partial charge in [-0.05, 0) is 81.4 Å². The molecule has 42 heavy (non-hydrogen) atoms. The maximum Gasteiger partial charge on any atom is 0.270 e. The van der Waals surface area contributed by atoms with Gasteiger partial charge >= 0.3 is 0 Å². The van der Waals surface area contributed by atoms with E-state index in [9.17, 15) is 22.4 Å². The van der Waals surface area contributed by atoms with Crippen LogP contribution in [0, 0.1) is 19.7 Å². The SMILES string of the molecule is C=CC(=O)N1CCN(C[C@@H](Oc2cnc(C(=O)NC3CCC(S(C)(=O)=O)CC3)c(C)c2)c2ccc(C)c(F)c2)C[C@H]1C. The summed E-state index contributed by atoms with van der Waals surface area (Å²) in [5.41, 5.74) is 2.14. The molecule has 9 nitrogen and oxygen atoms in total. The fraction of sp³-hybridized carbons (Fsp3) is 0.516. The summed E-state index contributed by atoms with van der Waals surface area (Å²) in [4.78, 5) is 33.6. The number of ether oxygens (including phenoxy) is 1. The number of rotatable bonds is 9. The highest BCUT2D eigenvalue weighted by atomic mass is 32.2. The molecule has 228 valence electrons. The summed E-state index contributed by atoms with van der Waals surface area (Å²) in [5.74, 6) is -0.261. The number of nitrogens with zero attached hydrogens (tertiary/aromatic N) is 3. The molecule has 0 radical (unpaired) electrons. The predicted octanol–water partition coefficient (Wildman–Crippen LogP) is 3.76. The number of benzene rings is 1. The number of aryl methyl sites for hydroxylation is 2. The van der Waals surface area contributed by atoms with Crippen molar-refractivity contribution in [2.75, 3.05) is 32.4 Å². The molecule has 1 aromatic heterocycles. The first kappa shape index (κ1) is 31.6. The summed E-state index contributed by atoms with van der Waals surface area (Å²) in [7, 11) is -3.08. The minimum atomic E-state index is -3.08. The molecule has 11 heteroatoms. The average Bonchev–Trinajstić information content (AvgIpc) is 2.93. The monoisotopic (exact) mass is 600 g/mol. The Labute approximate surface area is 248 Å². The lowest BCUT2D eigenvalue weighted by Crippen LogP contribution is -2.54. The van der Waals surface area contributed by atoms with Crippen LogP contribution >= 0.6 is 0 Å². The minimum Gasteiger partial charge on any atom is -0.483 e. The van der Waals surface area contributed by atoms with Crippen molar-refractivity contribution in [2.24, 2.45) is 0 Å². The van der Waals surface area contributed by atoms with E-state index in [-0.39, 0.29) is 40.7 Å². The average molecular weight is 601 g/mol. The second-order valence-electron chi connectivity index (χ2n) is 11.6. The lowest BCUT2D eigenvalue weighted by atomic mass is 9.95. The van der Waals surface area contributed by atoms with E-state index in [4.69, 9.17) is 4.74 Å². The minimum absolute atomic E-state index is 0.0113. The third-order valence-corrected chi connectivity index (χ3v) is 10.0. The van der Waals surface area contributed by atoms with Crippen LogP contribution in [0.5, 0.6) is 5.75 Å². The van der Waals surface area contributed by atoms with E-state index >= 15 is 0 Å². The van der Waals surface area contributed by atoms with Gasteiger partial charge in [-0.15, -0.1) is 0 Å². The zero-order chi connectivity index (χ0) is 30.6. The normalized spacial score (nSPS) is 22.3. The van der Waals surface area contributed by atoms with Crippen molar-refractivity contribution in [2.45, 2.75) is 69.9 Å². The Kier molecular flexibility index (Phi) is 10.0. The Morgan fingerprint density at radius 2 is 1.88 bits per heavy atom. The molecule has 2 amide bonds. The lowest BCUT2D eigenvalue weighted by Gasteiger charge is -2.40. The molecule has 1 saturated heterocycles. The van der Waals surface area contributed by atoms with Crippen LogP contribution in [-0.4, -0.2) is 84.8 Å². The Balaban J connectivity index is 1.45. The van der Waals surface area contributed by atoms with Crippen LogP contribution in [0.15, 0.2) is 43.1 Å². The first-order chi connectivity index (χ1) is 19.8. The molecule has 1 aromatic carbocycles. The second-order valence-corrected chi connectivity index (χ2v) is 13.9. The molecule has 1 aliphatic carbocycles. The van der Waals surface area contributed by atoms with Crippen molar-refractivity contribution in [1.82, 2.24) is 20.1 Å². The summed E-state index contributed by atoms with van der Waals surface area (Å²) in [5, 5.41) is 2.65. The van der Waals surface area contributed by atoms with Crippen LogP contribution in [0.4, 0.5) is 4.39 Å². The Morgan fingerprint density at radius 1 is 1.17 bits per heavy atom. The summed E-state index contributed by atoms with van der Waals surface area (Å²) in [6.07, 6.45) is 5.85. The maximum atomic E-state index is 14.6. The number of sulfone groups is 1. The summed E-state index contributed by atoms with van der Waals surface area (Å²) in [6.45, 7) is 11.4. The van der Waals surface area contributed by atoms with Crippen molar-refractivity contribution in [3.05, 3.63) is 71.3 Å². The molecule has 0 unspecified atom stereocenters. The highest BCUT2D eigenvalue weighted by Crippen LogP contribution is 2.28. The number of carbonyl (C=O) groups is 2. The van der Waals surface area contributed by atoms with Gasteiger partial charge in [-0.25, -0.2) is 17.8 Å². The zero-order valence-electron chi connectivity index (χ0n) is 24.8. The molecule has 0 spiro atoms. The van der Waals surface area contributed by atoms with Gasteiger partial charge in [0.2, 0.25) is 5.91 Å². The van der Waals surface area contributed by atoms with Crippen LogP contribution in [0.1, 0.15) is 65.9 Å². The zero-order valence-corrected chi connectivity index (χ0v) is 25.6. The van der Waals surface area contributed by atoms with Gasteiger partial charge in [0, 0.05) is 44.5 Å². The van der Waals surface area contributed by atoms with Gasteiger partial charge in [-0.2, -0.15) is 0 Å². The Bertz CT molecular complexity index is 1420. The van der Waals surface area contributed by atoms with Crippen LogP contribution in [-0.2, 0) is 14.6 Å². The molecule has 1 N–H and O–H groups in total. The summed E-state index contributed by atoms with van der Waals surface area (Å²) >= 11 is 0. The van der Waals surface area contributed by atoms with Gasteiger partial charge in [0.1, 0.15) is 33.2 Å². The molecular formula is C31H41FN4O5S. The molecule has 2 heterocycles. The number of halogens is 1. The van der Waals surface area contributed by atoms with E-state index in [1.807, 2.05) is 13.0 Å². The largest absolute Gasteiger partial charge is 0.483 e. The van der Waals surface area contributed by atoms with Crippen LogP contribution < -0.4 is 10.1 Å². The van der Waals surface area contributed by atoms with Gasteiger partial charge in [-0.3, -0.25) is 14.5 Å². The van der Waals surface area contributed by atoms with Gasteiger partial charge in [-0.1, -0.05) is 18.7 Å². The van der Waals surface area contributed by atoms with Gasteiger partial charge < -0.3 is 15.0 Å². The molecule has 2 aliphatic rings. The molecule has 2 atom stereocenters. The van der Waals surface area contributed by atoms with Crippen LogP contribution in [0.25, 0.3) is 0 Å². The number of nitrogens with one attached hydrogen (secondary N) is 1. The van der Waals surface area contributed by atoms with Crippen molar-refractivity contribution in [3.63, 3.8) is 0 Å². The third kappa shape index (κ3) is 7.74. The predicted molar refractivity (Wildman–Crippen MR) is 160 cm³/mol. The fourth-order valence-electron chi connectivity index (χ4n) is 5.80. The first-order valence-electron chi connectivity index (χ1n) is 14.4. The van der Waals surface area contributed by atoms with Crippen molar-refractivity contribution in [1.29, 1.82) is 0 Å². The molecule has 2 fully saturated rings. The number of hydrogen-bond acceptors (Lipinski definition) is 7. The highest BCUT2D eigenvalue weighted by molar-refractivity contribution is 7.91. The lowest BCUT2D eigenvalue weighted by molar-refractivity contribution is -0.130. The molecule has 1 saturated carbocycles. The molecule has 4 rings (SSSR count). The number of hydrogen-bond donors (Lipinski definition) is 1. The van der Waals surface area contributed by atoms with E-state index in [1.54, 1.807) is 30.9 Å². The van der Waals surface area contributed by atoms with Crippen molar-refractivity contribution >= 4 is 21.7 Å². The number of amides is 2. The quantitative estimate of drug-likeness (QED) is 0.437. The third-order valence-electron chi connectivity index (χ3n) is 8.32. The molecular weight excluding hydrogens is 559 g/mol. The smallest absolute Gasteiger partial charge is 0.270 e. The summed E-state index contributed by atoms with van der Waals surface area (Å²) < 4.78 is 44.6. The number of aromatic nitrogens is 1.